The van der Waals surface area contributed by atoms with Crippen molar-refractivity contribution in [2.75, 3.05) is 20.2 Å². The van der Waals surface area contributed by atoms with E-state index in [0.717, 1.165) is 18.4 Å². The molecule has 1 amide bonds. The van der Waals surface area contributed by atoms with E-state index < -0.39 is 0 Å². The maximum absolute atomic E-state index is 11.9. The number of likely N-dealkylation sites (N-methyl/N-ethyl adjacent to an activating group) is 1. The standard InChI is InChI=1S/C14H20N2O2/c1-16(12-7-8-12)14(18)9-15-13(10-17)11-5-3-2-4-6-11/h2-6,12-13,15,17H,7-10H2,1H3. The summed E-state index contributed by atoms with van der Waals surface area (Å²) < 4.78 is 0. The second-order valence-electron chi connectivity index (χ2n) is 4.76. The zero-order chi connectivity index (χ0) is 13.0. The Morgan fingerprint density at radius 1 is 1.44 bits per heavy atom. The van der Waals surface area contributed by atoms with Gasteiger partial charge in [0.05, 0.1) is 19.2 Å². The Hall–Kier alpha value is -1.39. The summed E-state index contributed by atoms with van der Waals surface area (Å²) in [5.74, 6) is 0.0897. The molecule has 0 aromatic heterocycles. The van der Waals surface area contributed by atoms with Gasteiger partial charge in [-0.05, 0) is 18.4 Å². The summed E-state index contributed by atoms with van der Waals surface area (Å²) in [5, 5.41) is 12.5. The molecule has 2 N–H and O–H groups in total. The molecule has 2 rings (SSSR count). The van der Waals surface area contributed by atoms with Gasteiger partial charge in [-0.25, -0.2) is 0 Å². The van der Waals surface area contributed by atoms with Gasteiger partial charge in [-0.3, -0.25) is 10.1 Å². The minimum atomic E-state index is -0.178. The van der Waals surface area contributed by atoms with Crippen LogP contribution in [0.15, 0.2) is 30.3 Å². The maximum Gasteiger partial charge on any atom is 0.236 e. The highest BCUT2D eigenvalue weighted by molar-refractivity contribution is 5.78. The van der Waals surface area contributed by atoms with Gasteiger partial charge in [0.2, 0.25) is 5.91 Å². The molecule has 0 bridgehead atoms. The molecule has 1 aromatic carbocycles. The Bertz CT molecular complexity index is 390. The number of carbonyl (C=O) groups excluding carboxylic acids is 1. The van der Waals surface area contributed by atoms with Crippen LogP contribution in [-0.4, -0.2) is 42.2 Å². The molecule has 0 heterocycles. The van der Waals surface area contributed by atoms with Crippen molar-refractivity contribution in [2.45, 2.75) is 24.9 Å². The van der Waals surface area contributed by atoms with Crippen LogP contribution in [0, 0.1) is 0 Å². The molecule has 0 radical (unpaired) electrons. The Kier molecular flexibility index (Phi) is 4.33. The van der Waals surface area contributed by atoms with Crippen molar-refractivity contribution in [2.24, 2.45) is 0 Å². The van der Waals surface area contributed by atoms with Gasteiger partial charge >= 0.3 is 0 Å². The number of nitrogens with one attached hydrogen (secondary N) is 1. The molecule has 98 valence electrons. The van der Waals surface area contributed by atoms with Crippen LogP contribution in [-0.2, 0) is 4.79 Å². The van der Waals surface area contributed by atoms with Crippen molar-refractivity contribution in [1.82, 2.24) is 10.2 Å². The van der Waals surface area contributed by atoms with E-state index in [4.69, 9.17) is 0 Å². The average Bonchev–Trinajstić information content (AvgIpc) is 3.24. The van der Waals surface area contributed by atoms with Crippen molar-refractivity contribution in [3.8, 4) is 0 Å². The fourth-order valence-electron chi connectivity index (χ4n) is 1.97. The van der Waals surface area contributed by atoms with Crippen LogP contribution in [0.1, 0.15) is 24.4 Å². The molecule has 4 nitrogen and oxygen atoms in total. The first kappa shape index (κ1) is 13.1. The van der Waals surface area contributed by atoms with Gasteiger partial charge in [-0.2, -0.15) is 0 Å². The van der Waals surface area contributed by atoms with E-state index in [-0.39, 0.29) is 25.1 Å². The number of hydrogen-bond donors (Lipinski definition) is 2. The fraction of sp³-hybridized carbons (Fsp3) is 0.500. The summed E-state index contributed by atoms with van der Waals surface area (Å²) in [6.45, 7) is 0.261. The van der Waals surface area contributed by atoms with E-state index in [1.165, 1.54) is 0 Å². The monoisotopic (exact) mass is 248 g/mol. The molecule has 0 aliphatic heterocycles. The second-order valence-corrected chi connectivity index (χ2v) is 4.76. The van der Waals surface area contributed by atoms with E-state index in [9.17, 15) is 9.90 Å². The number of aliphatic hydroxyl groups is 1. The van der Waals surface area contributed by atoms with Crippen molar-refractivity contribution >= 4 is 5.91 Å². The first-order chi connectivity index (χ1) is 8.72. The number of rotatable bonds is 6. The molecule has 1 aliphatic carbocycles. The first-order valence-electron chi connectivity index (χ1n) is 6.37. The van der Waals surface area contributed by atoms with Crippen molar-refractivity contribution in [1.29, 1.82) is 0 Å². The second kappa shape index (κ2) is 5.98. The highest BCUT2D eigenvalue weighted by Gasteiger charge is 2.29. The maximum atomic E-state index is 11.9. The molecule has 0 spiro atoms. The van der Waals surface area contributed by atoms with Crippen LogP contribution in [0.2, 0.25) is 0 Å². The summed E-state index contributed by atoms with van der Waals surface area (Å²) in [6, 6.07) is 9.94. The number of aliphatic hydroxyl groups excluding tert-OH is 1. The smallest absolute Gasteiger partial charge is 0.236 e. The third-order valence-corrected chi connectivity index (χ3v) is 3.37. The van der Waals surface area contributed by atoms with Crippen LogP contribution in [0.3, 0.4) is 0 Å². The zero-order valence-corrected chi connectivity index (χ0v) is 10.7. The summed E-state index contributed by atoms with van der Waals surface area (Å²) in [4.78, 5) is 13.7. The lowest BCUT2D eigenvalue weighted by molar-refractivity contribution is -0.129. The van der Waals surface area contributed by atoms with Crippen LogP contribution < -0.4 is 5.32 Å². The number of nitrogens with zero attached hydrogens (tertiary/aromatic N) is 1. The van der Waals surface area contributed by atoms with E-state index in [2.05, 4.69) is 5.32 Å². The van der Waals surface area contributed by atoms with Crippen molar-refractivity contribution < 1.29 is 9.90 Å². The lowest BCUT2D eigenvalue weighted by atomic mass is 10.1. The quantitative estimate of drug-likeness (QED) is 0.787. The fourth-order valence-corrected chi connectivity index (χ4v) is 1.97. The van der Waals surface area contributed by atoms with Gasteiger partial charge in [0, 0.05) is 13.1 Å². The third kappa shape index (κ3) is 3.31. The molecule has 1 saturated carbocycles. The topological polar surface area (TPSA) is 52.6 Å². The first-order valence-corrected chi connectivity index (χ1v) is 6.37. The zero-order valence-electron chi connectivity index (χ0n) is 10.7. The van der Waals surface area contributed by atoms with E-state index in [1.54, 1.807) is 4.90 Å². The van der Waals surface area contributed by atoms with Gasteiger partial charge in [0.15, 0.2) is 0 Å². The molecular weight excluding hydrogens is 228 g/mol. The molecule has 0 saturated heterocycles. The molecule has 1 atom stereocenters. The minimum Gasteiger partial charge on any atom is -0.394 e. The summed E-state index contributed by atoms with van der Waals surface area (Å²) in [7, 11) is 1.85. The van der Waals surface area contributed by atoms with E-state index >= 15 is 0 Å². The SMILES string of the molecule is CN(C(=O)CNC(CO)c1ccccc1)C1CC1. The number of carbonyl (C=O) groups is 1. The minimum absolute atomic E-state index is 0.00949. The highest BCUT2D eigenvalue weighted by Crippen LogP contribution is 2.25. The Morgan fingerprint density at radius 2 is 2.11 bits per heavy atom. The Labute approximate surface area is 108 Å². The van der Waals surface area contributed by atoms with Gasteiger partial charge in [0.25, 0.3) is 0 Å². The van der Waals surface area contributed by atoms with Gasteiger partial charge in [0.1, 0.15) is 0 Å². The summed E-state index contributed by atoms with van der Waals surface area (Å²) in [5.41, 5.74) is 1.00. The van der Waals surface area contributed by atoms with Crippen LogP contribution in [0.4, 0.5) is 0 Å². The Balaban J connectivity index is 1.85. The van der Waals surface area contributed by atoms with Crippen molar-refractivity contribution in [3.63, 3.8) is 0 Å². The van der Waals surface area contributed by atoms with E-state index in [0.29, 0.717) is 6.04 Å². The molecule has 1 aliphatic rings. The normalized spacial score (nSPS) is 16.3. The molecule has 1 fully saturated rings. The van der Waals surface area contributed by atoms with Crippen LogP contribution >= 0.6 is 0 Å². The van der Waals surface area contributed by atoms with Crippen LogP contribution in [0.25, 0.3) is 0 Å². The van der Waals surface area contributed by atoms with E-state index in [1.807, 2.05) is 37.4 Å². The average molecular weight is 248 g/mol. The number of hydrogen-bond acceptors (Lipinski definition) is 3. The largest absolute Gasteiger partial charge is 0.394 e. The summed E-state index contributed by atoms with van der Waals surface area (Å²) >= 11 is 0. The predicted octanol–water partition coefficient (Wildman–Crippen LogP) is 0.930. The highest BCUT2D eigenvalue weighted by atomic mass is 16.3. The number of benzene rings is 1. The lowest BCUT2D eigenvalue weighted by Gasteiger charge is -2.20. The summed E-state index contributed by atoms with van der Waals surface area (Å²) in [6.07, 6.45) is 2.23. The van der Waals surface area contributed by atoms with Crippen LogP contribution in [0.5, 0.6) is 0 Å². The molecule has 18 heavy (non-hydrogen) atoms. The van der Waals surface area contributed by atoms with Gasteiger partial charge < -0.3 is 10.0 Å². The van der Waals surface area contributed by atoms with Gasteiger partial charge in [-0.15, -0.1) is 0 Å². The van der Waals surface area contributed by atoms with Gasteiger partial charge in [-0.1, -0.05) is 30.3 Å². The van der Waals surface area contributed by atoms with Crippen molar-refractivity contribution in [3.05, 3.63) is 35.9 Å². The third-order valence-electron chi connectivity index (χ3n) is 3.37. The molecule has 1 aromatic rings. The Morgan fingerprint density at radius 3 is 2.67 bits per heavy atom. The number of amides is 1. The lowest BCUT2D eigenvalue weighted by Crippen LogP contribution is -2.39. The molecular formula is C14H20N2O2. The predicted molar refractivity (Wildman–Crippen MR) is 70.1 cm³/mol. The molecule has 4 heteroatoms. The molecule has 1 unspecified atom stereocenters.